The van der Waals surface area contributed by atoms with Gasteiger partial charge in [0.1, 0.15) is 0 Å². The van der Waals surface area contributed by atoms with E-state index >= 15 is 0 Å². The number of nitrogens with one attached hydrogen (secondary N) is 1. The summed E-state index contributed by atoms with van der Waals surface area (Å²) < 4.78 is 55.1. The van der Waals surface area contributed by atoms with E-state index in [2.05, 4.69) is 5.32 Å². The number of carboxylic acid groups (broad SMARTS) is 1. The molecule has 0 aliphatic rings. The number of primary sulfonamides is 1. The topological polar surface area (TPSA) is 173 Å². The Bertz CT molecular complexity index is 1850. The van der Waals surface area contributed by atoms with Crippen LogP contribution in [0.25, 0.3) is 17.2 Å². The summed E-state index contributed by atoms with van der Waals surface area (Å²) in [6.07, 6.45) is -1.79. The minimum atomic E-state index is -5.08. The van der Waals surface area contributed by atoms with E-state index in [1.807, 2.05) is 72.8 Å². The Balaban J connectivity index is 0.000000804. The number of carbonyl (C=O) groups excluding carboxylic acids is 2. The minimum Gasteiger partial charge on any atom is -0.475 e. The van der Waals surface area contributed by atoms with Crippen molar-refractivity contribution in [1.29, 1.82) is 0 Å². The van der Waals surface area contributed by atoms with Gasteiger partial charge in [-0.2, -0.15) is 13.2 Å². The quantitative estimate of drug-likeness (QED) is 0.168. The summed E-state index contributed by atoms with van der Waals surface area (Å²) in [5, 5.41) is 15.1. The first-order chi connectivity index (χ1) is 22.7. The molecule has 4 rings (SSSR count). The number of rotatable bonds is 11. The Kier molecular flexibility index (Phi) is 13.2. The number of aliphatic carboxylic acids is 1. The normalized spacial score (nSPS) is 11.4. The predicted octanol–water partition coefficient (Wildman–Crippen LogP) is 4.57. The third-order valence-electron chi connectivity index (χ3n) is 6.59. The zero-order valence-corrected chi connectivity index (χ0v) is 26.2. The standard InChI is InChI=1S/C32H32N4O4S.C2HF3O2/c33-18-19-35-32(38)29-11-5-10-28(21-29)27-9-4-8-26(20-27)23-36(31(37)17-14-24-6-2-1-3-7-24)22-25-12-15-30(16-13-25)41(34,39)40;3-2(4,5)1(6)7/h1-17,20-21H,18-19,22-23,33H2,(H,35,38)(H2,34,39,40);(H,6,7). The number of hydrogen-bond acceptors (Lipinski definition) is 6. The summed E-state index contributed by atoms with van der Waals surface area (Å²) in [7, 11) is -3.82. The van der Waals surface area contributed by atoms with Crippen LogP contribution in [0.3, 0.4) is 0 Å². The van der Waals surface area contributed by atoms with Crippen molar-refractivity contribution in [2.75, 3.05) is 13.1 Å². The first-order valence-corrected chi connectivity index (χ1v) is 15.8. The molecule has 4 aromatic carbocycles. The van der Waals surface area contributed by atoms with Crippen LogP contribution in [0.1, 0.15) is 27.0 Å². The smallest absolute Gasteiger partial charge is 0.475 e. The fraction of sp³-hybridized carbons (Fsp3) is 0.147. The largest absolute Gasteiger partial charge is 0.490 e. The highest BCUT2D eigenvalue weighted by Crippen LogP contribution is 2.23. The molecule has 0 unspecified atom stereocenters. The summed E-state index contributed by atoms with van der Waals surface area (Å²) in [6, 6.07) is 30.8. The molecule has 0 aromatic heterocycles. The fourth-order valence-corrected chi connectivity index (χ4v) is 4.77. The number of carbonyl (C=O) groups is 3. The maximum absolute atomic E-state index is 13.4. The van der Waals surface area contributed by atoms with Crippen LogP contribution in [-0.4, -0.2) is 55.5 Å². The van der Waals surface area contributed by atoms with E-state index in [9.17, 15) is 31.2 Å². The highest BCUT2D eigenvalue weighted by Gasteiger charge is 2.38. The maximum Gasteiger partial charge on any atom is 0.490 e. The first-order valence-electron chi connectivity index (χ1n) is 14.3. The fourth-order valence-electron chi connectivity index (χ4n) is 4.25. The molecule has 0 heterocycles. The average molecular weight is 683 g/mol. The molecule has 0 radical (unpaired) electrons. The van der Waals surface area contributed by atoms with E-state index < -0.39 is 22.2 Å². The molecule has 10 nitrogen and oxygen atoms in total. The molecule has 252 valence electrons. The van der Waals surface area contributed by atoms with Gasteiger partial charge in [-0.15, -0.1) is 0 Å². The molecular weight excluding hydrogens is 649 g/mol. The van der Waals surface area contributed by atoms with Gasteiger partial charge in [-0.1, -0.05) is 72.8 Å². The van der Waals surface area contributed by atoms with Crippen LogP contribution in [0.15, 0.2) is 114 Å². The summed E-state index contributed by atoms with van der Waals surface area (Å²) in [5.41, 5.74) is 10.4. The molecule has 0 aliphatic carbocycles. The number of nitrogens with two attached hydrogens (primary N) is 2. The molecule has 2 amide bonds. The number of amides is 2. The lowest BCUT2D eigenvalue weighted by atomic mass is 10.0. The third-order valence-corrected chi connectivity index (χ3v) is 7.52. The average Bonchev–Trinajstić information content (AvgIpc) is 3.06. The van der Waals surface area contributed by atoms with E-state index in [0.717, 1.165) is 27.8 Å². The Labute approximate surface area is 275 Å². The lowest BCUT2D eigenvalue weighted by Gasteiger charge is -2.22. The second kappa shape index (κ2) is 17.0. The SMILES string of the molecule is NCCNC(=O)c1cccc(-c2cccc(CN(Cc3ccc(S(N)(=O)=O)cc3)C(=O)C=Cc3ccccc3)c2)c1.O=C(O)C(F)(F)F. The van der Waals surface area contributed by atoms with Crippen LogP contribution >= 0.6 is 0 Å². The molecule has 0 fully saturated rings. The second-order valence-electron chi connectivity index (χ2n) is 10.3. The lowest BCUT2D eigenvalue weighted by Crippen LogP contribution is -2.29. The number of sulfonamides is 1. The Morgan fingerprint density at radius 2 is 1.40 bits per heavy atom. The van der Waals surface area contributed by atoms with Gasteiger partial charge < -0.3 is 21.1 Å². The van der Waals surface area contributed by atoms with Crippen molar-refractivity contribution in [2.24, 2.45) is 10.9 Å². The number of hydrogen-bond donors (Lipinski definition) is 4. The van der Waals surface area contributed by atoms with Gasteiger partial charge in [-0.3, -0.25) is 9.59 Å². The molecule has 0 spiro atoms. The number of alkyl halides is 3. The van der Waals surface area contributed by atoms with E-state index in [1.54, 1.807) is 29.2 Å². The van der Waals surface area contributed by atoms with Gasteiger partial charge in [-0.05, 0) is 64.2 Å². The summed E-state index contributed by atoms with van der Waals surface area (Å²) in [5.74, 6) is -3.15. The van der Waals surface area contributed by atoms with Gasteiger partial charge in [0.15, 0.2) is 0 Å². The molecule has 6 N–H and O–H groups in total. The van der Waals surface area contributed by atoms with Gasteiger partial charge in [0, 0.05) is 37.8 Å². The molecule has 0 bridgehead atoms. The predicted molar refractivity (Wildman–Crippen MR) is 175 cm³/mol. The molecule has 48 heavy (non-hydrogen) atoms. The van der Waals surface area contributed by atoms with Crippen LogP contribution in [0.5, 0.6) is 0 Å². The van der Waals surface area contributed by atoms with Gasteiger partial charge in [0.05, 0.1) is 4.90 Å². The Hall–Kier alpha value is -5.31. The van der Waals surface area contributed by atoms with Crippen molar-refractivity contribution < 1.29 is 41.1 Å². The van der Waals surface area contributed by atoms with Crippen LogP contribution in [-0.2, 0) is 32.7 Å². The minimum absolute atomic E-state index is 0.00902. The molecule has 14 heteroatoms. The number of halogens is 3. The summed E-state index contributed by atoms with van der Waals surface area (Å²) >= 11 is 0. The van der Waals surface area contributed by atoms with Crippen molar-refractivity contribution in [3.63, 3.8) is 0 Å². The highest BCUT2D eigenvalue weighted by molar-refractivity contribution is 7.89. The monoisotopic (exact) mass is 682 g/mol. The van der Waals surface area contributed by atoms with Crippen LogP contribution in [0, 0.1) is 0 Å². The molecule has 0 atom stereocenters. The van der Waals surface area contributed by atoms with Crippen molar-refractivity contribution >= 4 is 33.9 Å². The van der Waals surface area contributed by atoms with E-state index in [4.69, 9.17) is 20.8 Å². The van der Waals surface area contributed by atoms with Crippen molar-refractivity contribution in [2.45, 2.75) is 24.2 Å². The molecule has 0 saturated carbocycles. The zero-order valence-electron chi connectivity index (χ0n) is 25.4. The van der Waals surface area contributed by atoms with E-state index in [0.29, 0.717) is 25.2 Å². The molecule has 0 saturated heterocycles. The van der Waals surface area contributed by atoms with Gasteiger partial charge in [0.2, 0.25) is 15.9 Å². The van der Waals surface area contributed by atoms with Crippen LogP contribution in [0.2, 0.25) is 0 Å². The molecule has 0 aliphatic heterocycles. The lowest BCUT2D eigenvalue weighted by molar-refractivity contribution is -0.192. The number of nitrogens with zero attached hydrogens (tertiary/aromatic N) is 1. The van der Waals surface area contributed by atoms with Crippen LogP contribution < -0.4 is 16.2 Å². The number of benzene rings is 4. The van der Waals surface area contributed by atoms with E-state index in [1.165, 1.54) is 18.2 Å². The summed E-state index contributed by atoms with van der Waals surface area (Å²) in [6.45, 7) is 1.31. The Morgan fingerprint density at radius 3 is 1.98 bits per heavy atom. The van der Waals surface area contributed by atoms with E-state index in [-0.39, 0.29) is 23.3 Å². The molecule has 4 aromatic rings. The van der Waals surface area contributed by atoms with Crippen LogP contribution in [0.4, 0.5) is 13.2 Å². The van der Waals surface area contributed by atoms with Crippen molar-refractivity contribution in [3.05, 3.63) is 131 Å². The van der Waals surface area contributed by atoms with Gasteiger partial charge >= 0.3 is 12.1 Å². The first kappa shape index (κ1) is 37.2. The summed E-state index contributed by atoms with van der Waals surface area (Å²) in [4.78, 5) is 36.4. The number of carboxylic acids is 1. The third kappa shape index (κ3) is 11.8. The zero-order chi connectivity index (χ0) is 35.3. The molecular formula is C34H33F3N4O6S. The van der Waals surface area contributed by atoms with Crippen molar-refractivity contribution in [1.82, 2.24) is 10.2 Å². The Morgan fingerprint density at radius 1 is 0.812 bits per heavy atom. The second-order valence-corrected chi connectivity index (χ2v) is 11.8. The van der Waals surface area contributed by atoms with Crippen molar-refractivity contribution in [3.8, 4) is 11.1 Å². The maximum atomic E-state index is 13.4. The van der Waals surface area contributed by atoms with Gasteiger partial charge in [-0.25, -0.2) is 18.4 Å². The van der Waals surface area contributed by atoms with Gasteiger partial charge in [0.25, 0.3) is 5.91 Å². The highest BCUT2D eigenvalue weighted by atomic mass is 32.2.